The monoisotopic (exact) mass is 230 g/mol. The first-order valence-electron chi connectivity index (χ1n) is 2.94. The standard InChI is InChI=1S/C5H10S5/c6-2-5(3-7)9-1-4(8)10-5/h4,6-8H,1-3H2. The molecule has 1 unspecified atom stereocenters. The van der Waals surface area contributed by atoms with Crippen molar-refractivity contribution in [2.24, 2.45) is 0 Å². The third-order valence-electron chi connectivity index (χ3n) is 1.32. The molecule has 5 heteroatoms. The first kappa shape index (κ1) is 9.84. The molecule has 1 fully saturated rings. The summed E-state index contributed by atoms with van der Waals surface area (Å²) in [7, 11) is 0. The highest BCUT2D eigenvalue weighted by atomic mass is 32.2. The maximum atomic E-state index is 4.39. The summed E-state index contributed by atoms with van der Waals surface area (Å²) in [6, 6.07) is 0. The predicted molar refractivity (Wildman–Crippen MR) is 63.3 cm³/mol. The average molecular weight is 230 g/mol. The Kier molecular flexibility index (Phi) is 4.05. The van der Waals surface area contributed by atoms with E-state index in [1.807, 2.05) is 23.5 Å². The van der Waals surface area contributed by atoms with Gasteiger partial charge in [0.05, 0.1) is 8.66 Å². The highest BCUT2D eigenvalue weighted by molar-refractivity contribution is 8.27. The molecule has 0 amide bonds. The second kappa shape index (κ2) is 4.12. The molecule has 1 saturated heterocycles. The Morgan fingerprint density at radius 3 is 2.20 bits per heavy atom. The summed E-state index contributed by atoms with van der Waals surface area (Å²) in [6.45, 7) is 0. The van der Waals surface area contributed by atoms with Crippen molar-refractivity contribution in [2.75, 3.05) is 17.3 Å². The molecule has 0 N–H and O–H groups in total. The van der Waals surface area contributed by atoms with Gasteiger partial charge in [-0.1, -0.05) is 0 Å². The highest BCUT2D eigenvalue weighted by Crippen LogP contribution is 2.50. The van der Waals surface area contributed by atoms with Crippen molar-refractivity contribution in [1.82, 2.24) is 0 Å². The van der Waals surface area contributed by atoms with Gasteiger partial charge in [0.25, 0.3) is 0 Å². The Morgan fingerprint density at radius 2 is 2.00 bits per heavy atom. The molecule has 0 aromatic carbocycles. The smallest absolute Gasteiger partial charge is 0.0797 e. The van der Waals surface area contributed by atoms with Crippen molar-refractivity contribution in [1.29, 1.82) is 0 Å². The van der Waals surface area contributed by atoms with E-state index in [9.17, 15) is 0 Å². The van der Waals surface area contributed by atoms with Crippen LogP contribution in [0.25, 0.3) is 0 Å². The molecule has 0 radical (unpaired) electrons. The van der Waals surface area contributed by atoms with Crippen LogP contribution in [0.15, 0.2) is 0 Å². The van der Waals surface area contributed by atoms with Crippen molar-refractivity contribution in [3.8, 4) is 0 Å². The van der Waals surface area contributed by atoms with E-state index in [0.29, 0.717) is 4.58 Å². The Hall–Kier alpha value is 1.75. The lowest BCUT2D eigenvalue weighted by atomic mass is 10.5. The lowest BCUT2D eigenvalue weighted by molar-refractivity contribution is 1.08. The summed E-state index contributed by atoms with van der Waals surface area (Å²) in [4.78, 5) is 0. The zero-order valence-electron chi connectivity index (χ0n) is 5.36. The summed E-state index contributed by atoms with van der Waals surface area (Å²) >= 11 is 16.8. The van der Waals surface area contributed by atoms with E-state index in [2.05, 4.69) is 37.9 Å². The van der Waals surface area contributed by atoms with Crippen LogP contribution in [0.1, 0.15) is 0 Å². The maximum Gasteiger partial charge on any atom is 0.0797 e. The average Bonchev–Trinajstić information content (AvgIpc) is 2.33. The third-order valence-corrected chi connectivity index (χ3v) is 7.33. The van der Waals surface area contributed by atoms with E-state index in [-0.39, 0.29) is 4.08 Å². The Morgan fingerprint density at radius 1 is 1.40 bits per heavy atom. The minimum absolute atomic E-state index is 0.235. The van der Waals surface area contributed by atoms with Crippen molar-refractivity contribution in [3.05, 3.63) is 0 Å². The van der Waals surface area contributed by atoms with Gasteiger partial charge < -0.3 is 0 Å². The van der Waals surface area contributed by atoms with Gasteiger partial charge in [-0.2, -0.15) is 37.9 Å². The molecular weight excluding hydrogens is 220 g/mol. The van der Waals surface area contributed by atoms with Crippen molar-refractivity contribution >= 4 is 61.4 Å². The van der Waals surface area contributed by atoms with Crippen LogP contribution >= 0.6 is 61.4 Å². The quantitative estimate of drug-likeness (QED) is 0.623. The largest absolute Gasteiger partial charge is 0.177 e. The molecular formula is C5H10S5. The molecule has 0 aromatic heterocycles. The van der Waals surface area contributed by atoms with Crippen LogP contribution in [-0.2, 0) is 0 Å². The Bertz CT molecular complexity index is 111. The second-order valence-electron chi connectivity index (χ2n) is 2.11. The third kappa shape index (κ3) is 2.12. The maximum absolute atomic E-state index is 4.39. The lowest BCUT2D eigenvalue weighted by Crippen LogP contribution is -2.21. The SMILES string of the molecule is SCC1(CS)SCC(S)S1. The van der Waals surface area contributed by atoms with Crippen molar-refractivity contribution in [3.63, 3.8) is 0 Å². The van der Waals surface area contributed by atoms with Crippen molar-refractivity contribution in [2.45, 2.75) is 8.66 Å². The minimum atomic E-state index is 0.235. The Balaban J connectivity index is 2.51. The normalized spacial score (nSPS) is 30.9. The van der Waals surface area contributed by atoms with Gasteiger partial charge in [-0.25, -0.2) is 0 Å². The molecule has 1 heterocycles. The molecule has 1 rings (SSSR count). The molecule has 0 aromatic rings. The van der Waals surface area contributed by atoms with Gasteiger partial charge in [-0.05, 0) is 0 Å². The molecule has 10 heavy (non-hydrogen) atoms. The van der Waals surface area contributed by atoms with Gasteiger partial charge in [0.1, 0.15) is 0 Å². The van der Waals surface area contributed by atoms with Crippen molar-refractivity contribution < 1.29 is 0 Å². The lowest BCUT2D eigenvalue weighted by Gasteiger charge is -2.22. The molecule has 1 atom stereocenters. The number of hydrogen-bond donors (Lipinski definition) is 3. The molecule has 0 spiro atoms. The van der Waals surface area contributed by atoms with E-state index in [1.165, 1.54) is 0 Å². The van der Waals surface area contributed by atoms with E-state index in [0.717, 1.165) is 17.3 Å². The van der Waals surface area contributed by atoms with Crippen LogP contribution in [0, 0.1) is 0 Å². The molecule has 1 aliphatic rings. The summed E-state index contributed by atoms with van der Waals surface area (Å²) in [5, 5.41) is 0. The summed E-state index contributed by atoms with van der Waals surface area (Å²) < 4.78 is 0.711. The van der Waals surface area contributed by atoms with E-state index in [1.54, 1.807) is 0 Å². The number of thiol groups is 3. The highest BCUT2D eigenvalue weighted by Gasteiger charge is 2.37. The number of hydrogen-bond acceptors (Lipinski definition) is 5. The fourth-order valence-corrected chi connectivity index (χ4v) is 5.77. The first-order valence-corrected chi connectivity index (χ1v) is 6.59. The zero-order valence-corrected chi connectivity index (χ0v) is 9.67. The topological polar surface area (TPSA) is 0 Å². The minimum Gasteiger partial charge on any atom is -0.177 e. The summed E-state index contributed by atoms with van der Waals surface area (Å²) in [5.74, 6) is 2.90. The summed E-state index contributed by atoms with van der Waals surface area (Å²) in [5.41, 5.74) is 0. The van der Waals surface area contributed by atoms with Gasteiger partial charge in [-0.15, -0.1) is 23.5 Å². The van der Waals surface area contributed by atoms with E-state index in [4.69, 9.17) is 0 Å². The van der Waals surface area contributed by atoms with Crippen LogP contribution in [0.2, 0.25) is 0 Å². The van der Waals surface area contributed by atoms with Crippen LogP contribution in [0.3, 0.4) is 0 Å². The number of rotatable bonds is 2. The van der Waals surface area contributed by atoms with Gasteiger partial charge >= 0.3 is 0 Å². The molecule has 60 valence electrons. The molecule has 0 saturated carbocycles. The van der Waals surface area contributed by atoms with E-state index < -0.39 is 0 Å². The molecule has 0 aliphatic carbocycles. The van der Waals surface area contributed by atoms with Gasteiger partial charge in [0.15, 0.2) is 0 Å². The van der Waals surface area contributed by atoms with Crippen LogP contribution in [0.4, 0.5) is 0 Å². The van der Waals surface area contributed by atoms with Crippen LogP contribution < -0.4 is 0 Å². The van der Waals surface area contributed by atoms with Crippen LogP contribution in [0.5, 0.6) is 0 Å². The van der Waals surface area contributed by atoms with Gasteiger partial charge in [-0.3, -0.25) is 0 Å². The fraction of sp³-hybridized carbons (Fsp3) is 1.00. The van der Waals surface area contributed by atoms with Crippen LogP contribution in [-0.4, -0.2) is 25.9 Å². The Labute approximate surface area is 86.9 Å². The molecule has 0 nitrogen and oxygen atoms in total. The second-order valence-corrected chi connectivity index (χ2v) is 6.96. The molecule has 1 aliphatic heterocycles. The van der Waals surface area contributed by atoms with E-state index >= 15 is 0 Å². The fourth-order valence-electron chi connectivity index (χ4n) is 0.755. The van der Waals surface area contributed by atoms with Gasteiger partial charge in [0, 0.05) is 17.3 Å². The zero-order chi connectivity index (χ0) is 7.61. The molecule has 0 bridgehead atoms. The van der Waals surface area contributed by atoms with Gasteiger partial charge in [0.2, 0.25) is 0 Å². The predicted octanol–water partition coefficient (Wildman–Crippen LogP) is 2.28. The number of thioether (sulfide) groups is 2. The summed E-state index contributed by atoms with van der Waals surface area (Å²) in [6.07, 6.45) is 0. The first-order chi connectivity index (χ1) is 4.72.